The molecule has 1 N–H and O–H groups in total. The van der Waals surface area contributed by atoms with Crippen LogP contribution in [0, 0.1) is 6.92 Å². The van der Waals surface area contributed by atoms with Crippen molar-refractivity contribution in [1.29, 1.82) is 0 Å². The molecule has 0 radical (unpaired) electrons. The fourth-order valence-corrected chi connectivity index (χ4v) is 3.03. The Morgan fingerprint density at radius 2 is 2.09 bits per heavy atom. The van der Waals surface area contributed by atoms with Crippen molar-refractivity contribution in [2.75, 3.05) is 11.9 Å². The van der Waals surface area contributed by atoms with Crippen LogP contribution < -0.4 is 10.1 Å². The molecule has 112 valence electrons. The molecule has 1 amide bonds. The first-order valence-electron chi connectivity index (χ1n) is 6.57. The Labute approximate surface area is 135 Å². The summed E-state index contributed by atoms with van der Waals surface area (Å²) in [5.74, 6) is 1.04. The number of aryl methyl sites for hydroxylation is 1. The summed E-state index contributed by atoms with van der Waals surface area (Å²) in [5, 5.41) is 5.13. The molecule has 0 saturated carbocycles. The molecule has 0 bridgehead atoms. The number of benzene rings is 1. The van der Waals surface area contributed by atoms with Crippen LogP contribution in [-0.2, 0) is 4.79 Å². The van der Waals surface area contributed by atoms with Crippen LogP contribution in [0.3, 0.4) is 0 Å². The largest absolute Gasteiger partial charge is 0.484 e. The van der Waals surface area contributed by atoms with Crippen LogP contribution in [0.1, 0.15) is 5.56 Å². The van der Waals surface area contributed by atoms with Crippen molar-refractivity contribution in [1.82, 2.24) is 9.36 Å². The lowest BCUT2D eigenvalue weighted by molar-refractivity contribution is -0.118. The highest BCUT2D eigenvalue weighted by molar-refractivity contribution is 7.14. The topological polar surface area (TPSA) is 64.1 Å². The molecule has 2 heterocycles. The van der Waals surface area contributed by atoms with Gasteiger partial charge in [0.15, 0.2) is 12.4 Å². The van der Waals surface area contributed by atoms with Crippen LogP contribution in [0.15, 0.2) is 41.8 Å². The fraction of sp³-hybridized carbons (Fsp3) is 0.133. The normalized spacial score (nSPS) is 10.4. The molecule has 0 fully saturated rings. The third-order valence-electron chi connectivity index (χ3n) is 2.80. The molecule has 7 heteroatoms. The van der Waals surface area contributed by atoms with E-state index >= 15 is 0 Å². The molecule has 3 aromatic rings. The van der Waals surface area contributed by atoms with Crippen LogP contribution in [0.2, 0.25) is 0 Å². The molecular formula is C15H13N3O2S2. The van der Waals surface area contributed by atoms with E-state index in [1.807, 2.05) is 48.7 Å². The third kappa shape index (κ3) is 3.69. The highest BCUT2D eigenvalue weighted by atomic mass is 32.1. The third-order valence-corrected chi connectivity index (χ3v) is 4.30. The number of hydrogen-bond acceptors (Lipinski definition) is 6. The number of amides is 1. The molecule has 22 heavy (non-hydrogen) atoms. The molecular weight excluding hydrogens is 318 g/mol. The maximum atomic E-state index is 11.9. The lowest BCUT2D eigenvalue weighted by Crippen LogP contribution is -2.20. The quantitative estimate of drug-likeness (QED) is 0.776. The summed E-state index contributed by atoms with van der Waals surface area (Å²) in [7, 11) is 0. The lowest BCUT2D eigenvalue weighted by Gasteiger charge is -2.05. The number of carbonyl (C=O) groups excluding carboxylic acids is 1. The first kappa shape index (κ1) is 14.7. The maximum absolute atomic E-state index is 11.9. The highest BCUT2D eigenvalue weighted by Gasteiger charge is 2.10. The smallest absolute Gasteiger partial charge is 0.264 e. The predicted octanol–water partition coefficient (Wildman–Crippen LogP) is 3.59. The molecule has 0 aliphatic carbocycles. The minimum absolute atomic E-state index is 0.0586. The summed E-state index contributed by atoms with van der Waals surface area (Å²) in [6.07, 6.45) is 0. The summed E-state index contributed by atoms with van der Waals surface area (Å²) in [6, 6.07) is 11.4. The average Bonchev–Trinajstić information content (AvgIpc) is 3.17. The zero-order chi connectivity index (χ0) is 15.4. The van der Waals surface area contributed by atoms with Gasteiger partial charge in [0.1, 0.15) is 5.75 Å². The highest BCUT2D eigenvalue weighted by Crippen LogP contribution is 2.24. The lowest BCUT2D eigenvalue weighted by atomic mass is 10.2. The summed E-state index contributed by atoms with van der Waals surface area (Å²) >= 11 is 2.72. The van der Waals surface area contributed by atoms with Crippen LogP contribution >= 0.6 is 22.9 Å². The number of hydrogen-bond donors (Lipinski definition) is 1. The molecule has 0 aliphatic heterocycles. The second-order valence-corrected chi connectivity index (χ2v) is 6.25. The molecule has 0 saturated heterocycles. The van der Waals surface area contributed by atoms with Crippen LogP contribution in [0.4, 0.5) is 5.13 Å². The van der Waals surface area contributed by atoms with Gasteiger partial charge in [-0.25, -0.2) is 0 Å². The number of anilines is 1. The van der Waals surface area contributed by atoms with Gasteiger partial charge in [-0.2, -0.15) is 9.36 Å². The van der Waals surface area contributed by atoms with Crippen molar-refractivity contribution in [3.63, 3.8) is 0 Å². The van der Waals surface area contributed by atoms with Gasteiger partial charge in [0, 0.05) is 11.5 Å². The predicted molar refractivity (Wildman–Crippen MR) is 88.5 cm³/mol. The minimum Gasteiger partial charge on any atom is -0.484 e. The van der Waals surface area contributed by atoms with Gasteiger partial charge in [-0.05, 0) is 30.5 Å². The molecule has 3 rings (SSSR count). The van der Waals surface area contributed by atoms with Crippen molar-refractivity contribution in [3.05, 3.63) is 47.3 Å². The van der Waals surface area contributed by atoms with E-state index in [2.05, 4.69) is 14.7 Å². The van der Waals surface area contributed by atoms with E-state index in [1.165, 1.54) is 0 Å². The fourth-order valence-electron chi connectivity index (χ4n) is 1.72. The van der Waals surface area contributed by atoms with E-state index in [0.29, 0.717) is 16.7 Å². The van der Waals surface area contributed by atoms with E-state index in [-0.39, 0.29) is 12.5 Å². The van der Waals surface area contributed by atoms with Crippen molar-refractivity contribution in [2.24, 2.45) is 0 Å². The van der Waals surface area contributed by atoms with Gasteiger partial charge >= 0.3 is 0 Å². The standard InChI is InChI=1S/C15H13N3O2S2/c1-10-4-6-11(7-5-10)20-9-13(19)16-15-17-14(18-22-15)12-3-2-8-21-12/h2-8H,9H2,1H3,(H,16,17,18,19). The number of aromatic nitrogens is 2. The number of carbonyl (C=O) groups is 1. The Kier molecular flexibility index (Phi) is 4.45. The van der Waals surface area contributed by atoms with Crippen molar-refractivity contribution >= 4 is 33.9 Å². The molecule has 0 atom stereocenters. The number of thiophene rings is 1. The Morgan fingerprint density at radius 3 is 2.82 bits per heavy atom. The van der Waals surface area contributed by atoms with Gasteiger partial charge in [0.2, 0.25) is 5.13 Å². The van der Waals surface area contributed by atoms with E-state index in [9.17, 15) is 4.79 Å². The first-order chi connectivity index (χ1) is 10.7. The SMILES string of the molecule is Cc1ccc(OCC(=O)Nc2nc(-c3cccs3)ns2)cc1. The number of nitrogens with one attached hydrogen (secondary N) is 1. The van der Waals surface area contributed by atoms with E-state index < -0.39 is 0 Å². The zero-order valence-electron chi connectivity index (χ0n) is 11.8. The van der Waals surface area contributed by atoms with Gasteiger partial charge in [0.05, 0.1) is 4.88 Å². The van der Waals surface area contributed by atoms with E-state index in [4.69, 9.17) is 4.74 Å². The average molecular weight is 331 g/mol. The Hall–Kier alpha value is -2.25. The molecule has 2 aromatic heterocycles. The first-order valence-corrected chi connectivity index (χ1v) is 8.23. The maximum Gasteiger partial charge on any atom is 0.264 e. The monoisotopic (exact) mass is 331 g/mol. The number of rotatable bonds is 5. The van der Waals surface area contributed by atoms with Crippen LogP contribution in [0.5, 0.6) is 5.75 Å². The number of nitrogens with zero attached hydrogens (tertiary/aromatic N) is 2. The Balaban J connectivity index is 1.54. The van der Waals surface area contributed by atoms with E-state index in [1.54, 1.807) is 11.3 Å². The van der Waals surface area contributed by atoms with E-state index in [0.717, 1.165) is 22.0 Å². The Bertz CT molecular complexity index is 751. The van der Waals surface area contributed by atoms with Gasteiger partial charge in [-0.3, -0.25) is 10.1 Å². The van der Waals surface area contributed by atoms with Gasteiger partial charge in [-0.1, -0.05) is 23.8 Å². The molecule has 1 aromatic carbocycles. The zero-order valence-corrected chi connectivity index (χ0v) is 13.4. The summed E-state index contributed by atoms with van der Waals surface area (Å²) in [6.45, 7) is 1.94. The van der Waals surface area contributed by atoms with Gasteiger partial charge in [-0.15, -0.1) is 11.3 Å². The summed E-state index contributed by atoms with van der Waals surface area (Å²) < 4.78 is 9.65. The number of ether oxygens (including phenoxy) is 1. The van der Waals surface area contributed by atoms with Gasteiger partial charge < -0.3 is 4.74 Å². The molecule has 0 aliphatic rings. The molecule has 5 nitrogen and oxygen atoms in total. The van der Waals surface area contributed by atoms with Crippen molar-refractivity contribution < 1.29 is 9.53 Å². The Morgan fingerprint density at radius 1 is 1.27 bits per heavy atom. The van der Waals surface area contributed by atoms with Crippen molar-refractivity contribution in [3.8, 4) is 16.5 Å². The van der Waals surface area contributed by atoms with Gasteiger partial charge in [0.25, 0.3) is 5.91 Å². The molecule has 0 unspecified atom stereocenters. The summed E-state index contributed by atoms with van der Waals surface area (Å²) in [5.41, 5.74) is 1.15. The van der Waals surface area contributed by atoms with Crippen LogP contribution in [0.25, 0.3) is 10.7 Å². The second kappa shape index (κ2) is 6.67. The second-order valence-electron chi connectivity index (χ2n) is 4.55. The minimum atomic E-state index is -0.255. The van der Waals surface area contributed by atoms with Crippen molar-refractivity contribution in [2.45, 2.75) is 6.92 Å². The van der Waals surface area contributed by atoms with Crippen LogP contribution in [-0.4, -0.2) is 21.9 Å². The summed E-state index contributed by atoms with van der Waals surface area (Å²) in [4.78, 5) is 17.1. The molecule has 0 spiro atoms.